The van der Waals surface area contributed by atoms with Crippen LogP contribution in [0.15, 0.2) is 41.8 Å². The highest BCUT2D eigenvalue weighted by Crippen LogP contribution is 2.25. The van der Waals surface area contributed by atoms with Crippen molar-refractivity contribution in [3.63, 3.8) is 0 Å². The zero-order valence-corrected chi connectivity index (χ0v) is 13.9. The predicted octanol–water partition coefficient (Wildman–Crippen LogP) is 1.00. The molecule has 0 unspecified atom stereocenters. The maximum Gasteiger partial charge on any atom is 0.330 e. The van der Waals surface area contributed by atoms with Crippen molar-refractivity contribution < 1.29 is 4.79 Å². The van der Waals surface area contributed by atoms with Crippen molar-refractivity contribution >= 4 is 17.1 Å². The molecule has 3 aromatic heterocycles. The molecule has 3 aromatic rings. The van der Waals surface area contributed by atoms with Gasteiger partial charge in [0.15, 0.2) is 5.65 Å². The maximum absolute atomic E-state index is 12.6. The average molecular weight is 338 g/mol. The molecule has 1 aliphatic rings. The van der Waals surface area contributed by atoms with Crippen LogP contribution in [0.4, 0.5) is 0 Å². The first-order chi connectivity index (χ1) is 12.2. The average Bonchev–Trinajstić information content (AvgIpc) is 2.93. The Kier molecular flexibility index (Phi) is 3.79. The van der Waals surface area contributed by atoms with Crippen molar-refractivity contribution in [2.75, 3.05) is 13.1 Å². The highest BCUT2D eigenvalue weighted by molar-refractivity contribution is 5.93. The van der Waals surface area contributed by atoms with E-state index in [4.69, 9.17) is 0 Å². The lowest BCUT2D eigenvalue weighted by Gasteiger charge is -2.32. The van der Waals surface area contributed by atoms with Crippen LogP contribution < -0.4 is 5.69 Å². The van der Waals surface area contributed by atoms with Crippen LogP contribution in [0.1, 0.15) is 29.2 Å². The first kappa shape index (κ1) is 15.5. The van der Waals surface area contributed by atoms with E-state index in [0.29, 0.717) is 24.3 Å². The van der Waals surface area contributed by atoms with Gasteiger partial charge in [-0.05, 0) is 25.0 Å². The molecule has 0 radical (unpaired) electrons. The van der Waals surface area contributed by atoms with Crippen LogP contribution in [0.3, 0.4) is 0 Å². The van der Waals surface area contributed by atoms with Gasteiger partial charge in [-0.15, -0.1) is 0 Å². The van der Waals surface area contributed by atoms with Gasteiger partial charge >= 0.3 is 5.69 Å². The van der Waals surface area contributed by atoms with Gasteiger partial charge in [0, 0.05) is 38.6 Å². The van der Waals surface area contributed by atoms with Gasteiger partial charge in [-0.3, -0.25) is 18.9 Å². The Morgan fingerprint density at radius 3 is 2.72 bits per heavy atom. The summed E-state index contributed by atoms with van der Waals surface area (Å²) in [5, 5.41) is 0. The number of fused-ring (bicyclic) bond motifs is 1. The Balaban J connectivity index is 1.56. The van der Waals surface area contributed by atoms with E-state index in [0.717, 1.165) is 18.4 Å². The lowest BCUT2D eigenvalue weighted by atomic mass is 10.0. The molecule has 1 aliphatic heterocycles. The Labute approximate surface area is 143 Å². The Morgan fingerprint density at radius 2 is 2.00 bits per heavy atom. The van der Waals surface area contributed by atoms with E-state index < -0.39 is 0 Å². The molecule has 25 heavy (non-hydrogen) atoms. The minimum absolute atomic E-state index is 0.0147. The summed E-state index contributed by atoms with van der Waals surface area (Å²) >= 11 is 0. The fourth-order valence-electron chi connectivity index (χ4n) is 3.42. The van der Waals surface area contributed by atoms with Gasteiger partial charge in [0.1, 0.15) is 11.8 Å². The number of carbonyl (C=O) groups is 1. The number of pyridine rings is 1. The topological polar surface area (TPSA) is 85.9 Å². The molecular formula is C17H18N6O2. The number of hydrogen-bond acceptors (Lipinski definition) is 5. The van der Waals surface area contributed by atoms with Gasteiger partial charge in [-0.25, -0.2) is 14.8 Å². The summed E-state index contributed by atoms with van der Waals surface area (Å²) < 4.78 is 3.31. The summed E-state index contributed by atoms with van der Waals surface area (Å²) in [6.07, 6.45) is 7.78. The van der Waals surface area contributed by atoms with Crippen molar-refractivity contribution in [3.05, 3.63) is 53.1 Å². The summed E-state index contributed by atoms with van der Waals surface area (Å²) in [7, 11) is 1.73. The van der Waals surface area contributed by atoms with E-state index >= 15 is 0 Å². The van der Waals surface area contributed by atoms with Crippen molar-refractivity contribution in [1.29, 1.82) is 0 Å². The van der Waals surface area contributed by atoms with Crippen LogP contribution in [0.5, 0.6) is 0 Å². The minimum Gasteiger partial charge on any atom is -0.338 e. The zero-order chi connectivity index (χ0) is 17.4. The van der Waals surface area contributed by atoms with Crippen molar-refractivity contribution in [2.45, 2.75) is 18.9 Å². The number of carbonyl (C=O) groups excluding carboxylic acids is 1. The SMILES string of the molecule is Cn1c(=O)n(C2CCN(C(=O)c3cccnc3)CC2)c2ncncc21. The standard InChI is InChI=1S/C17H18N6O2/c1-21-14-10-19-11-20-15(14)23(17(21)25)13-4-7-22(8-5-13)16(24)12-3-2-6-18-9-12/h2-3,6,9-11,13H,4-5,7-8H2,1H3. The molecule has 0 aliphatic carbocycles. The number of rotatable bonds is 2. The number of imidazole rings is 1. The number of piperidine rings is 1. The summed E-state index contributed by atoms with van der Waals surface area (Å²) in [6.45, 7) is 1.21. The van der Waals surface area contributed by atoms with E-state index in [1.165, 1.54) is 6.33 Å². The van der Waals surface area contributed by atoms with Crippen LogP contribution in [0, 0.1) is 0 Å². The van der Waals surface area contributed by atoms with Gasteiger partial charge in [-0.2, -0.15) is 0 Å². The van der Waals surface area contributed by atoms with Gasteiger partial charge in [0.05, 0.1) is 11.8 Å². The van der Waals surface area contributed by atoms with Crippen molar-refractivity contribution in [1.82, 2.24) is 29.0 Å². The Bertz CT molecular complexity index is 970. The highest BCUT2D eigenvalue weighted by Gasteiger charge is 2.27. The van der Waals surface area contributed by atoms with E-state index in [2.05, 4.69) is 15.0 Å². The fourth-order valence-corrected chi connectivity index (χ4v) is 3.42. The third kappa shape index (κ3) is 2.59. The number of nitrogens with zero attached hydrogens (tertiary/aromatic N) is 6. The molecule has 0 N–H and O–H groups in total. The number of aromatic nitrogens is 5. The first-order valence-corrected chi connectivity index (χ1v) is 8.23. The molecule has 1 fully saturated rings. The number of hydrogen-bond donors (Lipinski definition) is 0. The molecule has 1 amide bonds. The molecular weight excluding hydrogens is 320 g/mol. The molecule has 0 spiro atoms. The maximum atomic E-state index is 12.6. The second-order valence-corrected chi connectivity index (χ2v) is 6.21. The lowest BCUT2D eigenvalue weighted by Crippen LogP contribution is -2.41. The summed E-state index contributed by atoms with van der Waals surface area (Å²) in [5.74, 6) is -0.0147. The van der Waals surface area contributed by atoms with Gasteiger partial charge in [-0.1, -0.05) is 0 Å². The van der Waals surface area contributed by atoms with Crippen LogP contribution in [0.2, 0.25) is 0 Å². The molecule has 128 valence electrons. The zero-order valence-electron chi connectivity index (χ0n) is 13.9. The molecule has 8 heteroatoms. The lowest BCUT2D eigenvalue weighted by molar-refractivity contribution is 0.0694. The van der Waals surface area contributed by atoms with E-state index in [1.54, 1.807) is 46.9 Å². The number of amides is 1. The summed E-state index contributed by atoms with van der Waals surface area (Å²) in [5.41, 5.74) is 1.88. The quantitative estimate of drug-likeness (QED) is 0.696. The minimum atomic E-state index is -0.0902. The molecule has 4 heterocycles. The van der Waals surface area contributed by atoms with Crippen molar-refractivity contribution in [3.8, 4) is 0 Å². The fraction of sp³-hybridized carbons (Fsp3) is 0.353. The monoisotopic (exact) mass is 338 g/mol. The predicted molar refractivity (Wildman–Crippen MR) is 91.2 cm³/mol. The van der Waals surface area contributed by atoms with Crippen LogP contribution in [-0.2, 0) is 7.05 Å². The number of aryl methyl sites for hydroxylation is 1. The number of likely N-dealkylation sites (tertiary alicyclic amines) is 1. The van der Waals surface area contributed by atoms with Gasteiger partial charge < -0.3 is 4.90 Å². The van der Waals surface area contributed by atoms with Crippen LogP contribution >= 0.6 is 0 Å². The second kappa shape index (κ2) is 6.12. The van der Waals surface area contributed by atoms with E-state index in [-0.39, 0.29) is 17.6 Å². The first-order valence-electron chi connectivity index (χ1n) is 8.23. The summed E-state index contributed by atoms with van der Waals surface area (Å²) in [4.78, 5) is 39.2. The molecule has 1 saturated heterocycles. The second-order valence-electron chi connectivity index (χ2n) is 6.21. The molecule has 4 rings (SSSR count). The van der Waals surface area contributed by atoms with Crippen LogP contribution in [-0.4, -0.2) is 48.0 Å². The molecule has 0 bridgehead atoms. The van der Waals surface area contributed by atoms with Crippen molar-refractivity contribution in [2.24, 2.45) is 7.05 Å². The summed E-state index contributed by atoms with van der Waals surface area (Å²) in [6, 6.07) is 3.56. The molecule has 8 nitrogen and oxygen atoms in total. The van der Waals surface area contributed by atoms with E-state index in [1.807, 2.05) is 4.90 Å². The van der Waals surface area contributed by atoms with E-state index in [9.17, 15) is 9.59 Å². The molecule has 0 atom stereocenters. The third-order valence-electron chi connectivity index (χ3n) is 4.78. The van der Waals surface area contributed by atoms with Gasteiger partial charge in [0.25, 0.3) is 5.91 Å². The van der Waals surface area contributed by atoms with Crippen LogP contribution in [0.25, 0.3) is 11.2 Å². The highest BCUT2D eigenvalue weighted by atomic mass is 16.2. The third-order valence-corrected chi connectivity index (χ3v) is 4.78. The molecule has 0 aromatic carbocycles. The van der Waals surface area contributed by atoms with Gasteiger partial charge in [0.2, 0.25) is 0 Å². The smallest absolute Gasteiger partial charge is 0.330 e. The molecule has 0 saturated carbocycles. The Hall–Kier alpha value is -3.03. The largest absolute Gasteiger partial charge is 0.338 e. The Morgan fingerprint density at radius 1 is 1.20 bits per heavy atom. The normalized spacial score (nSPS) is 15.6.